The van der Waals surface area contributed by atoms with Gasteiger partial charge in [-0.15, -0.1) is 10.2 Å². The van der Waals surface area contributed by atoms with Gasteiger partial charge in [0.15, 0.2) is 28.6 Å². The van der Waals surface area contributed by atoms with Gasteiger partial charge in [-0.2, -0.15) is 0 Å². The molecule has 180 valence electrons. The minimum absolute atomic E-state index is 0.0309. The number of para-hydroxylation sites is 2. The zero-order valence-electron chi connectivity index (χ0n) is 19.6. The first-order valence-electron chi connectivity index (χ1n) is 11.0. The molecule has 0 aliphatic carbocycles. The molecule has 1 aromatic heterocycles. The zero-order chi connectivity index (χ0) is 24.2. The monoisotopic (exact) mass is 485 g/mol. The van der Waals surface area contributed by atoms with Crippen LogP contribution in [0.1, 0.15) is 18.8 Å². The predicted molar refractivity (Wildman–Crippen MR) is 128 cm³/mol. The molecule has 0 saturated heterocycles. The summed E-state index contributed by atoms with van der Waals surface area (Å²) in [6.07, 6.45) is -0.246. The van der Waals surface area contributed by atoms with E-state index in [1.807, 2.05) is 54.8 Å². The number of likely N-dealkylation sites (N-methyl/N-ethyl adjacent to an activating group) is 1. The summed E-state index contributed by atoms with van der Waals surface area (Å²) in [5.74, 6) is 1.90. The Hall–Kier alpha value is -3.11. The molecule has 2 aromatic carbocycles. The Morgan fingerprint density at radius 3 is 2.56 bits per heavy atom. The number of benzene rings is 2. The maximum Gasteiger partial charge on any atom is 0.232 e. The number of halogens is 1. The quantitative estimate of drug-likeness (QED) is 0.453. The molecule has 34 heavy (non-hydrogen) atoms. The van der Waals surface area contributed by atoms with E-state index < -0.39 is 0 Å². The maximum absolute atomic E-state index is 13.5. The number of carbonyl (C=O) groups is 1. The first kappa shape index (κ1) is 24.0. The van der Waals surface area contributed by atoms with Crippen LogP contribution in [0.25, 0.3) is 5.69 Å². The van der Waals surface area contributed by atoms with Crippen LogP contribution in [-0.2, 0) is 4.79 Å². The molecule has 10 heteroatoms. The van der Waals surface area contributed by atoms with Gasteiger partial charge < -0.3 is 14.4 Å². The van der Waals surface area contributed by atoms with Crippen molar-refractivity contribution in [1.82, 2.24) is 24.6 Å². The summed E-state index contributed by atoms with van der Waals surface area (Å²) in [4.78, 5) is 16.5. The van der Waals surface area contributed by atoms with E-state index in [9.17, 15) is 9.18 Å². The van der Waals surface area contributed by atoms with Gasteiger partial charge in [-0.1, -0.05) is 23.9 Å². The topological polar surface area (TPSA) is 72.7 Å². The zero-order valence-corrected chi connectivity index (χ0v) is 20.5. The van der Waals surface area contributed by atoms with E-state index in [4.69, 9.17) is 9.47 Å². The van der Waals surface area contributed by atoms with Crippen LogP contribution in [-0.4, -0.2) is 76.6 Å². The fourth-order valence-corrected chi connectivity index (χ4v) is 4.41. The lowest BCUT2D eigenvalue weighted by atomic mass is 10.2. The molecule has 1 aliphatic rings. The number of ether oxygens (including phenoxy) is 2. The predicted octanol–water partition coefficient (Wildman–Crippen LogP) is 3.42. The van der Waals surface area contributed by atoms with Gasteiger partial charge >= 0.3 is 0 Å². The molecule has 1 amide bonds. The molecular weight excluding hydrogens is 457 g/mol. The van der Waals surface area contributed by atoms with Crippen LogP contribution in [0.3, 0.4) is 0 Å². The van der Waals surface area contributed by atoms with Gasteiger partial charge in [0.2, 0.25) is 5.91 Å². The van der Waals surface area contributed by atoms with Crippen molar-refractivity contribution in [2.45, 2.75) is 24.2 Å². The molecule has 0 fully saturated rings. The average Bonchev–Trinajstić information content (AvgIpc) is 3.26. The van der Waals surface area contributed by atoms with Gasteiger partial charge in [0.05, 0.1) is 18.3 Å². The highest BCUT2D eigenvalue weighted by Gasteiger charge is 2.25. The Kier molecular flexibility index (Phi) is 7.38. The van der Waals surface area contributed by atoms with Crippen LogP contribution in [0.5, 0.6) is 11.5 Å². The number of fused-ring (bicyclic) bond motifs is 1. The Balaban J connectivity index is 1.43. The number of carbonyl (C=O) groups excluding carboxylic acids is 1. The van der Waals surface area contributed by atoms with E-state index in [0.29, 0.717) is 35.6 Å². The lowest BCUT2D eigenvalue weighted by Gasteiger charge is -2.29. The fourth-order valence-electron chi connectivity index (χ4n) is 3.51. The van der Waals surface area contributed by atoms with Gasteiger partial charge in [-0.3, -0.25) is 14.3 Å². The molecule has 0 bridgehead atoms. The van der Waals surface area contributed by atoms with Gasteiger partial charge in [-0.05, 0) is 57.4 Å². The number of aromatic nitrogens is 3. The Morgan fingerprint density at radius 2 is 1.85 bits per heavy atom. The summed E-state index contributed by atoms with van der Waals surface area (Å²) in [7, 11) is 5.65. The third kappa shape index (κ3) is 5.34. The second-order valence-electron chi connectivity index (χ2n) is 8.35. The van der Waals surface area contributed by atoms with Crippen LogP contribution in [0.15, 0.2) is 53.7 Å². The smallest absolute Gasteiger partial charge is 0.232 e. The molecule has 2 heterocycles. The van der Waals surface area contributed by atoms with Crippen molar-refractivity contribution in [2.24, 2.45) is 0 Å². The molecule has 0 unspecified atom stereocenters. The van der Waals surface area contributed by atoms with Crippen LogP contribution in [0.4, 0.5) is 4.39 Å². The number of thioether (sulfide) groups is 1. The molecular formula is C24H28FN5O3S. The standard InChI is InChI=1S/C24H28FN5O3S/c1-16(28(2)3)23-26-27-24(30(23)18-11-9-17(25)10-12-18)34-15-22(31)29(4)13-19-14-32-20-7-5-6-8-21(20)33-19/h5-12,16,19H,13-15H2,1-4H3/t16-,19+/m1/s1. The number of amides is 1. The summed E-state index contributed by atoms with van der Waals surface area (Å²) < 4.78 is 27.1. The Labute approximate surface area is 202 Å². The molecule has 2 atom stereocenters. The summed E-state index contributed by atoms with van der Waals surface area (Å²) >= 11 is 1.30. The lowest BCUT2D eigenvalue weighted by molar-refractivity contribution is -0.128. The van der Waals surface area contributed by atoms with E-state index in [-0.39, 0.29) is 29.6 Å². The second-order valence-corrected chi connectivity index (χ2v) is 9.30. The van der Waals surface area contributed by atoms with Gasteiger partial charge in [0.1, 0.15) is 12.4 Å². The van der Waals surface area contributed by atoms with Gasteiger partial charge in [-0.25, -0.2) is 4.39 Å². The summed E-state index contributed by atoms with van der Waals surface area (Å²) in [6, 6.07) is 13.6. The van der Waals surface area contributed by atoms with Gasteiger partial charge in [0.25, 0.3) is 0 Å². The normalized spacial score (nSPS) is 15.9. The highest BCUT2D eigenvalue weighted by atomic mass is 32.2. The third-order valence-corrected chi connectivity index (χ3v) is 6.60. The third-order valence-electron chi connectivity index (χ3n) is 5.69. The minimum Gasteiger partial charge on any atom is -0.486 e. The first-order chi connectivity index (χ1) is 16.3. The minimum atomic E-state index is -0.318. The molecule has 4 rings (SSSR count). The summed E-state index contributed by atoms with van der Waals surface area (Å²) in [5.41, 5.74) is 0.741. The van der Waals surface area contributed by atoms with Crippen molar-refractivity contribution in [2.75, 3.05) is 40.0 Å². The maximum atomic E-state index is 13.5. The molecule has 0 N–H and O–H groups in total. The SMILES string of the molecule is C[C@H](c1nnc(SCC(=O)N(C)C[C@H]2COc3ccccc3O2)n1-c1ccc(F)cc1)N(C)C. The summed E-state index contributed by atoms with van der Waals surface area (Å²) in [5, 5.41) is 9.27. The van der Waals surface area contributed by atoms with E-state index in [1.165, 1.54) is 23.9 Å². The number of hydrogen-bond donors (Lipinski definition) is 0. The highest BCUT2D eigenvalue weighted by molar-refractivity contribution is 7.99. The van der Waals surface area contributed by atoms with Crippen LogP contribution < -0.4 is 9.47 Å². The van der Waals surface area contributed by atoms with Crippen molar-refractivity contribution < 1.29 is 18.7 Å². The van der Waals surface area contributed by atoms with Gasteiger partial charge in [0, 0.05) is 12.7 Å². The van der Waals surface area contributed by atoms with E-state index in [1.54, 1.807) is 24.1 Å². The van der Waals surface area contributed by atoms with Crippen LogP contribution >= 0.6 is 11.8 Å². The average molecular weight is 486 g/mol. The number of nitrogens with zero attached hydrogens (tertiary/aromatic N) is 5. The second kappa shape index (κ2) is 10.4. The molecule has 0 spiro atoms. The lowest BCUT2D eigenvalue weighted by Crippen LogP contribution is -2.42. The molecule has 0 saturated carbocycles. The fraction of sp³-hybridized carbons (Fsp3) is 0.375. The molecule has 3 aromatic rings. The largest absolute Gasteiger partial charge is 0.486 e. The Morgan fingerprint density at radius 1 is 1.15 bits per heavy atom. The van der Waals surface area contributed by atoms with Crippen molar-refractivity contribution >= 4 is 17.7 Å². The molecule has 1 aliphatic heterocycles. The van der Waals surface area contributed by atoms with Crippen LogP contribution in [0, 0.1) is 5.82 Å². The van der Waals surface area contributed by atoms with E-state index >= 15 is 0 Å². The van der Waals surface area contributed by atoms with Crippen molar-refractivity contribution in [1.29, 1.82) is 0 Å². The van der Waals surface area contributed by atoms with E-state index in [2.05, 4.69) is 10.2 Å². The number of rotatable bonds is 8. The number of hydrogen-bond acceptors (Lipinski definition) is 7. The van der Waals surface area contributed by atoms with Crippen molar-refractivity contribution in [3.63, 3.8) is 0 Å². The van der Waals surface area contributed by atoms with Crippen molar-refractivity contribution in [3.8, 4) is 17.2 Å². The Bertz CT molecular complexity index is 1140. The molecule has 8 nitrogen and oxygen atoms in total. The molecule has 0 radical (unpaired) electrons. The highest BCUT2D eigenvalue weighted by Crippen LogP contribution is 2.31. The van der Waals surface area contributed by atoms with Crippen molar-refractivity contribution in [3.05, 3.63) is 60.2 Å². The van der Waals surface area contributed by atoms with Crippen LogP contribution in [0.2, 0.25) is 0 Å². The summed E-state index contributed by atoms with van der Waals surface area (Å²) in [6.45, 7) is 2.80. The van der Waals surface area contributed by atoms with E-state index in [0.717, 1.165) is 5.69 Å². The first-order valence-corrected chi connectivity index (χ1v) is 11.9.